The summed E-state index contributed by atoms with van der Waals surface area (Å²) >= 11 is 3.03. The number of aliphatic carboxylic acids is 1. The molecule has 0 atom stereocenters. The molecule has 2 aromatic rings. The van der Waals surface area contributed by atoms with Gasteiger partial charge in [0.1, 0.15) is 10.1 Å². The molecule has 96 valence electrons. The van der Waals surface area contributed by atoms with Gasteiger partial charge in [0.05, 0.1) is 17.8 Å². The Bertz CT molecular complexity index is 543. The molecule has 2 aromatic heterocycles. The number of thiazole rings is 1. The average Bonchev–Trinajstić information content (AvgIpc) is 2.84. The van der Waals surface area contributed by atoms with Crippen LogP contribution in [0, 0.1) is 13.8 Å². The van der Waals surface area contributed by atoms with E-state index in [1.807, 2.05) is 13.8 Å². The van der Waals surface area contributed by atoms with Crippen molar-refractivity contribution >= 4 is 29.1 Å². The Morgan fingerprint density at radius 3 is 2.94 bits per heavy atom. The SMILES string of the molecule is Cc1noc(C)c1CSc1nc(CC(=O)O)cs1. The second-order valence-electron chi connectivity index (χ2n) is 3.77. The van der Waals surface area contributed by atoms with E-state index in [1.165, 1.54) is 11.3 Å². The Morgan fingerprint density at radius 1 is 1.56 bits per heavy atom. The fraction of sp³-hybridized carbons (Fsp3) is 0.364. The number of nitrogens with zero attached hydrogens (tertiary/aromatic N) is 2. The van der Waals surface area contributed by atoms with Gasteiger partial charge in [0.25, 0.3) is 0 Å². The van der Waals surface area contributed by atoms with Gasteiger partial charge in [0.15, 0.2) is 0 Å². The summed E-state index contributed by atoms with van der Waals surface area (Å²) in [5.41, 5.74) is 2.58. The predicted octanol–water partition coefficient (Wildman–Crippen LogP) is 2.67. The minimum absolute atomic E-state index is 0.0254. The largest absolute Gasteiger partial charge is 0.481 e. The van der Waals surface area contributed by atoms with Crippen molar-refractivity contribution in [3.05, 3.63) is 28.1 Å². The molecular weight excluding hydrogens is 272 g/mol. The Kier molecular flexibility index (Phi) is 4.03. The monoisotopic (exact) mass is 284 g/mol. The first-order valence-electron chi connectivity index (χ1n) is 5.27. The molecule has 18 heavy (non-hydrogen) atoms. The fourth-order valence-electron chi connectivity index (χ4n) is 1.43. The van der Waals surface area contributed by atoms with Crippen molar-refractivity contribution < 1.29 is 14.4 Å². The lowest BCUT2D eigenvalue weighted by molar-refractivity contribution is -0.136. The highest BCUT2D eigenvalue weighted by Crippen LogP contribution is 2.28. The van der Waals surface area contributed by atoms with E-state index < -0.39 is 5.97 Å². The van der Waals surface area contributed by atoms with Crippen LogP contribution in [0.1, 0.15) is 22.7 Å². The number of rotatable bonds is 5. The number of carbonyl (C=O) groups is 1. The summed E-state index contributed by atoms with van der Waals surface area (Å²) in [6, 6.07) is 0. The van der Waals surface area contributed by atoms with Gasteiger partial charge in [-0.25, -0.2) is 4.98 Å². The topological polar surface area (TPSA) is 76.2 Å². The van der Waals surface area contributed by atoms with Crippen LogP contribution < -0.4 is 0 Å². The summed E-state index contributed by atoms with van der Waals surface area (Å²) in [5, 5.41) is 14.3. The Balaban J connectivity index is 1.98. The molecule has 2 heterocycles. The van der Waals surface area contributed by atoms with Crippen LogP contribution in [0.2, 0.25) is 0 Å². The first-order valence-corrected chi connectivity index (χ1v) is 7.13. The molecule has 7 heteroatoms. The molecule has 0 unspecified atom stereocenters. The standard InChI is InChI=1S/C11H12N2O3S2/c1-6-9(7(2)16-13-6)5-18-11-12-8(4-17-11)3-10(14)15/h4H,3,5H2,1-2H3,(H,14,15). The van der Waals surface area contributed by atoms with Crippen LogP contribution in [-0.4, -0.2) is 21.2 Å². The third-order valence-corrected chi connectivity index (χ3v) is 4.48. The summed E-state index contributed by atoms with van der Waals surface area (Å²) in [4.78, 5) is 14.8. The molecule has 5 nitrogen and oxygen atoms in total. The second-order valence-corrected chi connectivity index (χ2v) is 5.85. The number of thioether (sulfide) groups is 1. The van der Waals surface area contributed by atoms with Gasteiger partial charge < -0.3 is 9.63 Å². The zero-order valence-electron chi connectivity index (χ0n) is 9.97. The normalized spacial score (nSPS) is 10.8. The van der Waals surface area contributed by atoms with Crippen molar-refractivity contribution in [1.82, 2.24) is 10.1 Å². The highest BCUT2D eigenvalue weighted by atomic mass is 32.2. The quantitative estimate of drug-likeness (QED) is 0.851. The lowest BCUT2D eigenvalue weighted by atomic mass is 10.2. The van der Waals surface area contributed by atoms with Gasteiger partial charge in [-0.05, 0) is 13.8 Å². The summed E-state index contributed by atoms with van der Waals surface area (Å²) in [6.07, 6.45) is -0.0254. The van der Waals surface area contributed by atoms with Gasteiger partial charge in [-0.2, -0.15) is 0 Å². The number of carboxylic acid groups (broad SMARTS) is 1. The zero-order valence-corrected chi connectivity index (χ0v) is 11.6. The first-order chi connectivity index (χ1) is 8.56. The van der Waals surface area contributed by atoms with E-state index >= 15 is 0 Å². The maximum absolute atomic E-state index is 10.5. The van der Waals surface area contributed by atoms with Gasteiger partial charge in [0.2, 0.25) is 0 Å². The lowest BCUT2D eigenvalue weighted by Crippen LogP contribution is -1.99. The summed E-state index contributed by atoms with van der Waals surface area (Å²) in [7, 11) is 0. The van der Waals surface area contributed by atoms with Gasteiger partial charge in [0, 0.05) is 16.7 Å². The van der Waals surface area contributed by atoms with Crippen molar-refractivity contribution in [2.24, 2.45) is 0 Å². The van der Waals surface area contributed by atoms with Crippen LogP contribution in [0.25, 0.3) is 0 Å². The molecule has 0 saturated carbocycles. The highest BCUT2D eigenvalue weighted by molar-refractivity contribution is 8.00. The molecule has 0 aliphatic heterocycles. The van der Waals surface area contributed by atoms with Crippen LogP contribution in [0.4, 0.5) is 0 Å². The maximum atomic E-state index is 10.5. The van der Waals surface area contributed by atoms with Crippen LogP contribution in [0.3, 0.4) is 0 Å². The van der Waals surface area contributed by atoms with Gasteiger partial charge in [-0.3, -0.25) is 4.79 Å². The summed E-state index contributed by atoms with van der Waals surface area (Å²) in [5.74, 6) is 0.700. The molecule has 0 bridgehead atoms. The number of hydrogen-bond donors (Lipinski definition) is 1. The number of aryl methyl sites for hydroxylation is 2. The van der Waals surface area contributed by atoms with E-state index in [1.54, 1.807) is 17.1 Å². The smallest absolute Gasteiger partial charge is 0.309 e. The molecule has 0 aliphatic rings. The van der Waals surface area contributed by atoms with Crippen LogP contribution >= 0.6 is 23.1 Å². The van der Waals surface area contributed by atoms with Crippen molar-refractivity contribution in [3.8, 4) is 0 Å². The molecule has 2 rings (SSSR count). The minimum atomic E-state index is -0.859. The molecule has 0 radical (unpaired) electrons. The Labute approximate surface area is 112 Å². The van der Waals surface area contributed by atoms with Crippen molar-refractivity contribution in [2.45, 2.75) is 30.4 Å². The van der Waals surface area contributed by atoms with Crippen LogP contribution in [0.15, 0.2) is 14.2 Å². The van der Waals surface area contributed by atoms with E-state index in [9.17, 15) is 4.79 Å². The Hall–Kier alpha value is -1.34. The van der Waals surface area contributed by atoms with Gasteiger partial charge in [-0.1, -0.05) is 16.9 Å². The van der Waals surface area contributed by atoms with Crippen molar-refractivity contribution in [1.29, 1.82) is 0 Å². The minimum Gasteiger partial charge on any atom is -0.481 e. The van der Waals surface area contributed by atoms with Crippen LogP contribution in [0.5, 0.6) is 0 Å². The van der Waals surface area contributed by atoms with E-state index in [4.69, 9.17) is 9.63 Å². The van der Waals surface area contributed by atoms with E-state index in [-0.39, 0.29) is 6.42 Å². The van der Waals surface area contributed by atoms with Gasteiger partial charge >= 0.3 is 5.97 Å². The fourth-order valence-corrected chi connectivity index (χ4v) is 3.43. The lowest BCUT2D eigenvalue weighted by Gasteiger charge is -1.96. The highest BCUT2D eigenvalue weighted by Gasteiger charge is 2.11. The summed E-state index contributed by atoms with van der Waals surface area (Å²) < 4.78 is 5.95. The molecule has 0 fully saturated rings. The molecule has 0 amide bonds. The number of aromatic nitrogens is 2. The molecule has 0 saturated heterocycles. The van der Waals surface area contributed by atoms with Crippen molar-refractivity contribution in [3.63, 3.8) is 0 Å². The predicted molar refractivity (Wildman–Crippen MR) is 69.0 cm³/mol. The number of carboxylic acids is 1. The summed E-state index contributed by atoms with van der Waals surface area (Å²) in [6.45, 7) is 3.79. The Morgan fingerprint density at radius 2 is 2.33 bits per heavy atom. The van der Waals surface area contributed by atoms with E-state index in [0.717, 1.165) is 27.1 Å². The first kappa shape index (κ1) is 13.1. The second kappa shape index (κ2) is 5.53. The molecule has 0 aromatic carbocycles. The van der Waals surface area contributed by atoms with E-state index in [2.05, 4.69) is 10.1 Å². The average molecular weight is 284 g/mol. The third kappa shape index (κ3) is 3.11. The van der Waals surface area contributed by atoms with Crippen molar-refractivity contribution in [2.75, 3.05) is 0 Å². The molecular formula is C11H12N2O3S2. The zero-order chi connectivity index (χ0) is 13.1. The maximum Gasteiger partial charge on any atom is 0.309 e. The molecule has 1 N–H and O–H groups in total. The number of hydrogen-bond acceptors (Lipinski definition) is 6. The third-order valence-electron chi connectivity index (χ3n) is 2.38. The molecule has 0 spiro atoms. The van der Waals surface area contributed by atoms with Crippen LogP contribution in [-0.2, 0) is 17.0 Å². The van der Waals surface area contributed by atoms with Gasteiger partial charge in [-0.15, -0.1) is 11.3 Å². The van der Waals surface area contributed by atoms with E-state index in [0.29, 0.717) is 5.69 Å². The molecule has 0 aliphatic carbocycles.